The average molecular weight is 565 g/mol. The van der Waals surface area contributed by atoms with E-state index in [1.807, 2.05) is 79.7 Å². The summed E-state index contributed by atoms with van der Waals surface area (Å²) in [5, 5.41) is 14.4. The van der Waals surface area contributed by atoms with Gasteiger partial charge in [-0.1, -0.05) is 65.7 Å². The van der Waals surface area contributed by atoms with Crippen LogP contribution in [0.2, 0.25) is 10.0 Å². The molecule has 1 aromatic heterocycles. The molecule has 1 aliphatic heterocycles. The third-order valence-electron chi connectivity index (χ3n) is 7.42. The Morgan fingerprint density at radius 1 is 1.08 bits per heavy atom. The van der Waals surface area contributed by atoms with Gasteiger partial charge in [0.25, 0.3) is 0 Å². The minimum atomic E-state index is -1.20. The summed E-state index contributed by atoms with van der Waals surface area (Å²) in [6, 6.07) is 24.2. The molecule has 8 heteroatoms. The van der Waals surface area contributed by atoms with Crippen LogP contribution in [0.5, 0.6) is 5.88 Å². The van der Waals surface area contributed by atoms with Crippen LogP contribution < -0.4 is 4.74 Å². The fourth-order valence-corrected chi connectivity index (χ4v) is 5.85. The van der Waals surface area contributed by atoms with Gasteiger partial charge in [-0.2, -0.15) is 0 Å². The van der Waals surface area contributed by atoms with Crippen molar-refractivity contribution in [1.29, 1.82) is 0 Å². The fraction of sp³-hybridized carbons (Fsp3) is 0.290. The van der Waals surface area contributed by atoms with Crippen molar-refractivity contribution in [3.05, 3.63) is 106 Å². The molecular weight excluding hydrogens is 535 g/mol. The first-order chi connectivity index (χ1) is 18.8. The van der Waals surface area contributed by atoms with Gasteiger partial charge in [0.15, 0.2) is 0 Å². The third-order valence-corrected chi connectivity index (χ3v) is 7.91. The second-order valence-electron chi connectivity index (χ2n) is 10.0. The highest BCUT2D eigenvalue weighted by Gasteiger charge is 2.46. The molecular formula is C31H30Cl2N2O4. The molecule has 4 aromatic rings. The summed E-state index contributed by atoms with van der Waals surface area (Å²) in [5.74, 6) is -0.0684. The fourth-order valence-electron chi connectivity index (χ4n) is 5.54. The van der Waals surface area contributed by atoms with Crippen LogP contribution in [0.25, 0.3) is 10.9 Å². The SMILES string of the molecule is COc1nc2ccc(Cl)cc2cc1C(c1ccc(Cl)cc1)C1(O)CCN(C(=O)OCc2ccccc2)C(C)C1. The number of ether oxygens (including phenoxy) is 2. The van der Waals surface area contributed by atoms with Crippen molar-refractivity contribution in [2.45, 2.75) is 43.9 Å². The van der Waals surface area contributed by atoms with Crippen LogP contribution in [0.4, 0.5) is 4.79 Å². The number of piperidine rings is 1. The van der Waals surface area contributed by atoms with Crippen molar-refractivity contribution in [2.75, 3.05) is 13.7 Å². The Labute approximate surface area is 238 Å². The van der Waals surface area contributed by atoms with E-state index in [2.05, 4.69) is 0 Å². The first-order valence-corrected chi connectivity index (χ1v) is 13.6. The summed E-state index contributed by atoms with van der Waals surface area (Å²) in [7, 11) is 1.57. The lowest BCUT2D eigenvalue weighted by Crippen LogP contribution is -2.54. The van der Waals surface area contributed by atoms with E-state index >= 15 is 0 Å². The van der Waals surface area contributed by atoms with Crippen molar-refractivity contribution in [3.8, 4) is 5.88 Å². The van der Waals surface area contributed by atoms with Crippen LogP contribution in [-0.4, -0.2) is 46.4 Å². The molecule has 5 rings (SSSR count). The van der Waals surface area contributed by atoms with Crippen LogP contribution >= 0.6 is 23.2 Å². The molecule has 3 unspecified atom stereocenters. The Bertz CT molecular complexity index is 1470. The van der Waals surface area contributed by atoms with Crippen LogP contribution in [0.3, 0.4) is 0 Å². The number of pyridine rings is 1. The van der Waals surface area contributed by atoms with Gasteiger partial charge >= 0.3 is 6.09 Å². The van der Waals surface area contributed by atoms with Crippen molar-refractivity contribution in [2.24, 2.45) is 0 Å². The van der Waals surface area contributed by atoms with E-state index in [0.29, 0.717) is 35.3 Å². The van der Waals surface area contributed by atoms with Crippen molar-refractivity contribution >= 4 is 40.2 Å². The molecule has 1 fully saturated rings. The topological polar surface area (TPSA) is 71.9 Å². The van der Waals surface area contributed by atoms with E-state index in [9.17, 15) is 9.90 Å². The monoisotopic (exact) mass is 564 g/mol. The molecule has 1 N–H and O–H groups in total. The van der Waals surface area contributed by atoms with Crippen molar-refractivity contribution < 1.29 is 19.4 Å². The maximum atomic E-state index is 13.0. The Kier molecular flexibility index (Phi) is 7.98. The van der Waals surface area contributed by atoms with Crippen LogP contribution in [0.15, 0.2) is 78.9 Å². The van der Waals surface area contributed by atoms with Gasteiger partial charge in [0.05, 0.1) is 18.2 Å². The second-order valence-corrected chi connectivity index (χ2v) is 10.9. The number of hydrogen-bond acceptors (Lipinski definition) is 5. The first kappa shape index (κ1) is 27.3. The lowest BCUT2D eigenvalue weighted by molar-refractivity contribution is -0.0520. The minimum Gasteiger partial charge on any atom is -0.481 e. The Morgan fingerprint density at radius 2 is 1.79 bits per heavy atom. The molecule has 2 heterocycles. The number of amides is 1. The molecule has 1 amide bonds. The molecule has 0 spiro atoms. The van der Waals surface area contributed by atoms with Crippen LogP contribution in [0, 0.1) is 0 Å². The Morgan fingerprint density at radius 3 is 2.49 bits per heavy atom. The number of carbonyl (C=O) groups is 1. The minimum absolute atomic E-state index is 0.197. The zero-order valence-electron chi connectivity index (χ0n) is 21.8. The molecule has 0 bridgehead atoms. The molecule has 202 valence electrons. The number of methoxy groups -OCH3 is 1. The highest BCUT2D eigenvalue weighted by atomic mass is 35.5. The molecule has 0 radical (unpaired) electrons. The average Bonchev–Trinajstić information content (AvgIpc) is 2.93. The van der Waals surface area contributed by atoms with E-state index in [1.165, 1.54) is 0 Å². The van der Waals surface area contributed by atoms with Gasteiger partial charge in [-0.05, 0) is 67.3 Å². The predicted molar refractivity (Wildman–Crippen MR) is 154 cm³/mol. The first-order valence-electron chi connectivity index (χ1n) is 12.9. The number of hydrogen-bond donors (Lipinski definition) is 1. The summed E-state index contributed by atoms with van der Waals surface area (Å²) in [6.07, 6.45) is 0.273. The molecule has 3 atom stereocenters. The standard InChI is InChI=1S/C31H30Cl2N2O4/c1-20-18-31(37,14-15-35(20)30(36)39-19-21-6-4-3-5-7-21)28(22-8-10-24(32)11-9-22)26-17-23-16-25(33)12-13-27(23)34-29(26)38-2/h3-13,16-17,20,28,37H,14-15,18-19H2,1-2H3. The number of likely N-dealkylation sites (tertiary alicyclic amines) is 1. The number of halogens is 2. The van der Waals surface area contributed by atoms with Gasteiger partial charge < -0.3 is 19.5 Å². The van der Waals surface area contributed by atoms with Gasteiger partial charge in [0.1, 0.15) is 6.61 Å². The van der Waals surface area contributed by atoms with E-state index in [0.717, 1.165) is 27.6 Å². The molecule has 3 aromatic carbocycles. The van der Waals surface area contributed by atoms with Gasteiger partial charge in [0, 0.05) is 39.5 Å². The summed E-state index contributed by atoms with van der Waals surface area (Å²) in [5.41, 5.74) is 2.07. The zero-order valence-corrected chi connectivity index (χ0v) is 23.3. The van der Waals surface area contributed by atoms with Gasteiger partial charge in [-0.15, -0.1) is 0 Å². The molecule has 0 saturated carbocycles. The maximum absolute atomic E-state index is 13.0. The number of benzene rings is 3. The van der Waals surface area contributed by atoms with Gasteiger partial charge in [-0.25, -0.2) is 9.78 Å². The smallest absolute Gasteiger partial charge is 0.410 e. The van der Waals surface area contributed by atoms with Gasteiger partial charge in [-0.3, -0.25) is 0 Å². The molecule has 6 nitrogen and oxygen atoms in total. The molecule has 39 heavy (non-hydrogen) atoms. The van der Waals surface area contributed by atoms with E-state index in [4.69, 9.17) is 37.7 Å². The number of aromatic nitrogens is 1. The Hall–Kier alpha value is -3.32. The third kappa shape index (κ3) is 5.83. The highest BCUT2D eigenvalue weighted by molar-refractivity contribution is 6.31. The molecule has 0 aliphatic carbocycles. The van der Waals surface area contributed by atoms with Crippen LogP contribution in [0.1, 0.15) is 42.4 Å². The molecule has 1 aliphatic rings. The van der Waals surface area contributed by atoms with Crippen LogP contribution in [-0.2, 0) is 11.3 Å². The van der Waals surface area contributed by atoms with Crippen molar-refractivity contribution in [3.63, 3.8) is 0 Å². The maximum Gasteiger partial charge on any atom is 0.410 e. The lowest BCUT2D eigenvalue weighted by Gasteiger charge is -2.46. The zero-order chi connectivity index (χ0) is 27.6. The summed E-state index contributed by atoms with van der Waals surface area (Å²) in [6.45, 7) is 2.47. The summed E-state index contributed by atoms with van der Waals surface area (Å²) >= 11 is 12.5. The van der Waals surface area contributed by atoms with Gasteiger partial charge in [0.2, 0.25) is 5.88 Å². The van der Waals surface area contributed by atoms with E-state index < -0.39 is 17.6 Å². The van der Waals surface area contributed by atoms with E-state index in [1.54, 1.807) is 18.1 Å². The highest BCUT2D eigenvalue weighted by Crippen LogP contribution is 2.46. The number of rotatable bonds is 6. The largest absolute Gasteiger partial charge is 0.481 e. The predicted octanol–water partition coefficient (Wildman–Crippen LogP) is 7.23. The number of carbonyl (C=O) groups excluding carboxylic acids is 1. The quantitative estimate of drug-likeness (QED) is 0.267. The second kappa shape index (κ2) is 11.4. The Balaban J connectivity index is 1.47. The molecule has 1 saturated heterocycles. The van der Waals surface area contributed by atoms with Crippen molar-refractivity contribution in [1.82, 2.24) is 9.88 Å². The lowest BCUT2D eigenvalue weighted by atomic mass is 9.71. The number of nitrogens with zero attached hydrogens (tertiary/aromatic N) is 2. The normalized spacial score (nSPS) is 20.0. The summed E-state index contributed by atoms with van der Waals surface area (Å²) in [4.78, 5) is 19.4. The number of fused-ring (bicyclic) bond motifs is 1. The number of aliphatic hydroxyl groups is 1. The van der Waals surface area contributed by atoms with E-state index in [-0.39, 0.29) is 12.6 Å². The summed E-state index contributed by atoms with van der Waals surface area (Å²) < 4.78 is 11.3.